The van der Waals surface area contributed by atoms with Crippen LogP contribution in [0.2, 0.25) is 0 Å². The van der Waals surface area contributed by atoms with E-state index in [1.807, 2.05) is 36.4 Å². The van der Waals surface area contributed by atoms with Gasteiger partial charge in [0.15, 0.2) is 0 Å². The van der Waals surface area contributed by atoms with Gasteiger partial charge in [-0.2, -0.15) is 0 Å². The SMILES string of the molecule is CC(C)CCOc1ccc(Br)cc1C(=O)Nc1ccc(OCCC2CCCCC2)cc1. The second-order valence-corrected chi connectivity index (χ2v) is 9.71. The van der Waals surface area contributed by atoms with Gasteiger partial charge in [-0.1, -0.05) is 61.9 Å². The fraction of sp³-hybridized carbons (Fsp3) is 0.500. The standard InChI is InChI=1S/C26H34BrNO3/c1-19(2)14-16-31-25-13-8-21(27)18-24(25)26(29)28-22-9-11-23(12-10-22)30-17-15-20-6-4-3-5-7-20/h8-13,18-20H,3-7,14-17H2,1-2H3,(H,28,29). The minimum Gasteiger partial charge on any atom is -0.494 e. The number of anilines is 1. The van der Waals surface area contributed by atoms with Crippen molar-refractivity contribution < 1.29 is 14.3 Å². The molecule has 1 amide bonds. The van der Waals surface area contributed by atoms with Gasteiger partial charge in [0.1, 0.15) is 11.5 Å². The Morgan fingerprint density at radius 3 is 2.48 bits per heavy atom. The molecule has 1 N–H and O–H groups in total. The Hall–Kier alpha value is -2.01. The van der Waals surface area contributed by atoms with Gasteiger partial charge in [0.05, 0.1) is 18.8 Å². The average Bonchev–Trinajstić information content (AvgIpc) is 2.76. The summed E-state index contributed by atoms with van der Waals surface area (Å²) in [5, 5.41) is 2.96. The molecule has 0 spiro atoms. The van der Waals surface area contributed by atoms with E-state index in [2.05, 4.69) is 35.1 Å². The molecule has 2 aromatic carbocycles. The van der Waals surface area contributed by atoms with E-state index >= 15 is 0 Å². The number of hydrogen-bond acceptors (Lipinski definition) is 3. The molecule has 168 valence electrons. The van der Waals surface area contributed by atoms with Crippen molar-refractivity contribution in [2.24, 2.45) is 11.8 Å². The van der Waals surface area contributed by atoms with Crippen molar-refractivity contribution in [3.05, 3.63) is 52.5 Å². The van der Waals surface area contributed by atoms with Crippen LogP contribution in [0.25, 0.3) is 0 Å². The first-order chi connectivity index (χ1) is 15.0. The van der Waals surface area contributed by atoms with Gasteiger partial charge in [-0.15, -0.1) is 0 Å². The molecule has 1 aliphatic rings. The highest BCUT2D eigenvalue weighted by Gasteiger charge is 2.15. The van der Waals surface area contributed by atoms with E-state index in [1.54, 1.807) is 6.07 Å². The van der Waals surface area contributed by atoms with Gasteiger partial charge in [-0.25, -0.2) is 0 Å². The van der Waals surface area contributed by atoms with Crippen molar-refractivity contribution in [2.45, 2.75) is 58.8 Å². The molecular formula is C26H34BrNO3. The predicted octanol–water partition coefficient (Wildman–Crippen LogP) is 7.48. The minimum atomic E-state index is -0.188. The normalized spacial score (nSPS) is 14.5. The molecule has 0 atom stereocenters. The van der Waals surface area contributed by atoms with Gasteiger partial charge in [-0.05, 0) is 67.1 Å². The molecule has 4 nitrogen and oxygen atoms in total. The zero-order valence-electron chi connectivity index (χ0n) is 18.7. The smallest absolute Gasteiger partial charge is 0.259 e. The van der Waals surface area contributed by atoms with Crippen LogP contribution >= 0.6 is 15.9 Å². The van der Waals surface area contributed by atoms with Crippen LogP contribution in [0.5, 0.6) is 11.5 Å². The summed E-state index contributed by atoms with van der Waals surface area (Å²) in [6, 6.07) is 13.1. The first-order valence-electron chi connectivity index (χ1n) is 11.5. The number of rotatable bonds is 10. The molecule has 0 aliphatic heterocycles. The number of amides is 1. The molecular weight excluding hydrogens is 454 g/mol. The Morgan fingerprint density at radius 2 is 1.77 bits per heavy atom. The zero-order valence-corrected chi connectivity index (χ0v) is 20.2. The molecule has 0 radical (unpaired) electrons. The van der Waals surface area contributed by atoms with E-state index in [1.165, 1.54) is 32.1 Å². The molecule has 0 saturated heterocycles. The molecule has 2 aromatic rings. The molecule has 0 aromatic heterocycles. The Kier molecular flexibility index (Phi) is 9.26. The summed E-state index contributed by atoms with van der Waals surface area (Å²) in [5.41, 5.74) is 1.25. The van der Waals surface area contributed by atoms with Crippen LogP contribution in [0.4, 0.5) is 5.69 Å². The Balaban J connectivity index is 1.53. The number of carbonyl (C=O) groups excluding carboxylic acids is 1. The van der Waals surface area contributed by atoms with Crippen LogP contribution in [0.3, 0.4) is 0 Å². The van der Waals surface area contributed by atoms with E-state index < -0.39 is 0 Å². The lowest BCUT2D eigenvalue weighted by atomic mass is 9.87. The lowest BCUT2D eigenvalue weighted by Crippen LogP contribution is -2.14. The lowest BCUT2D eigenvalue weighted by molar-refractivity contribution is 0.102. The van der Waals surface area contributed by atoms with E-state index in [0.29, 0.717) is 23.8 Å². The number of carbonyl (C=O) groups is 1. The Morgan fingerprint density at radius 1 is 1.03 bits per heavy atom. The fourth-order valence-electron chi connectivity index (χ4n) is 3.86. The highest BCUT2D eigenvalue weighted by molar-refractivity contribution is 9.10. The highest BCUT2D eigenvalue weighted by Crippen LogP contribution is 2.27. The van der Waals surface area contributed by atoms with Crippen molar-refractivity contribution in [2.75, 3.05) is 18.5 Å². The van der Waals surface area contributed by atoms with Gasteiger partial charge < -0.3 is 14.8 Å². The Bertz CT molecular complexity index is 829. The third-order valence-corrected chi connectivity index (χ3v) is 6.26. The summed E-state index contributed by atoms with van der Waals surface area (Å²) in [6.45, 7) is 5.65. The topological polar surface area (TPSA) is 47.6 Å². The highest BCUT2D eigenvalue weighted by atomic mass is 79.9. The van der Waals surface area contributed by atoms with Crippen LogP contribution < -0.4 is 14.8 Å². The molecule has 31 heavy (non-hydrogen) atoms. The zero-order chi connectivity index (χ0) is 22.1. The number of hydrogen-bond donors (Lipinski definition) is 1. The average molecular weight is 488 g/mol. The molecule has 1 fully saturated rings. The van der Waals surface area contributed by atoms with Crippen molar-refractivity contribution >= 4 is 27.5 Å². The second kappa shape index (κ2) is 12.1. The van der Waals surface area contributed by atoms with Gasteiger partial charge in [0, 0.05) is 10.2 Å². The maximum absolute atomic E-state index is 12.9. The summed E-state index contributed by atoms with van der Waals surface area (Å²) in [7, 11) is 0. The summed E-state index contributed by atoms with van der Waals surface area (Å²) < 4.78 is 12.6. The molecule has 5 heteroatoms. The van der Waals surface area contributed by atoms with Crippen LogP contribution in [-0.4, -0.2) is 19.1 Å². The molecule has 0 unspecified atom stereocenters. The van der Waals surface area contributed by atoms with E-state index in [-0.39, 0.29) is 5.91 Å². The summed E-state index contributed by atoms with van der Waals surface area (Å²) >= 11 is 3.45. The van der Waals surface area contributed by atoms with Crippen LogP contribution in [0.1, 0.15) is 69.2 Å². The maximum Gasteiger partial charge on any atom is 0.259 e. The van der Waals surface area contributed by atoms with Crippen molar-refractivity contribution in [1.29, 1.82) is 0 Å². The molecule has 1 aliphatic carbocycles. The monoisotopic (exact) mass is 487 g/mol. The van der Waals surface area contributed by atoms with Crippen molar-refractivity contribution in [3.8, 4) is 11.5 Å². The number of nitrogens with one attached hydrogen (secondary N) is 1. The third kappa shape index (κ3) is 7.88. The minimum absolute atomic E-state index is 0.188. The fourth-order valence-corrected chi connectivity index (χ4v) is 4.22. The summed E-state index contributed by atoms with van der Waals surface area (Å²) in [6.07, 6.45) is 8.86. The molecule has 1 saturated carbocycles. The summed E-state index contributed by atoms with van der Waals surface area (Å²) in [5.74, 6) is 2.62. The van der Waals surface area contributed by atoms with Gasteiger partial charge in [-0.3, -0.25) is 4.79 Å². The first-order valence-corrected chi connectivity index (χ1v) is 12.3. The molecule has 3 rings (SSSR count). The van der Waals surface area contributed by atoms with Gasteiger partial charge >= 0.3 is 0 Å². The first kappa shape index (κ1) is 23.6. The van der Waals surface area contributed by atoms with Crippen LogP contribution in [-0.2, 0) is 0 Å². The van der Waals surface area contributed by atoms with Crippen molar-refractivity contribution in [3.63, 3.8) is 0 Å². The molecule has 0 heterocycles. The third-order valence-electron chi connectivity index (χ3n) is 5.77. The molecule has 0 bridgehead atoms. The number of ether oxygens (including phenoxy) is 2. The van der Waals surface area contributed by atoms with Gasteiger partial charge in [0.2, 0.25) is 0 Å². The van der Waals surface area contributed by atoms with E-state index in [0.717, 1.165) is 41.3 Å². The number of benzene rings is 2. The quantitative estimate of drug-likeness (QED) is 0.377. The van der Waals surface area contributed by atoms with Crippen LogP contribution in [0.15, 0.2) is 46.9 Å². The van der Waals surface area contributed by atoms with Crippen LogP contribution in [0, 0.1) is 11.8 Å². The lowest BCUT2D eigenvalue weighted by Gasteiger charge is -2.21. The predicted molar refractivity (Wildman–Crippen MR) is 130 cm³/mol. The second-order valence-electron chi connectivity index (χ2n) is 8.79. The largest absolute Gasteiger partial charge is 0.494 e. The van der Waals surface area contributed by atoms with E-state index in [9.17, 15) is 4.79 Å². The van der Waals surface area contributed by atoms with E-state index in [4.69, 9.17) is 9.47 Å². The number of halogens is 1. The summed E-state index contributed by atoms with van der Waals surface area (Å²) in [4.78, 5) is 12.9. The van der Waals surface area contributed by atoms with Gasteiger partial charge in [0.25, 0.3) is 5.91 Å². The van der Waals surface area contributed by atoms with Crippen molar-refractivity contribution in [1.82, 2.24) is 0 Å². The Labute approximate surface area is 194 Å². The maximum atomic E-state index is 12.9.